The number of hydrogen-bond acceptors (Lipinski definition) is 5. The molecule has 2 amide bonds. The number of hydrogen-bond donors (Lipinski definition) is 3. The number of nitrogens with one attached hydrogen (secondary N) is 3. The number of aromatic nitrogens is 1. The van der Waals surface area contributed by atoms with Crippen molar-refractivity contribution in [2.45, 2.75) is 6.42 Å². The maximum Gasteiger partial charge on any atom is 0.319 e. The Labute approximate surface area is 158 Å². The lowest BCUT2D eigenvalue weighted by atomic mass is 10.2. The summed E-state index contributed by atoms with van der Waals surface area (Å²) in [5.41, 5.74) is 0.589. The third-order valence-corrected chi connectivity index (χ3v) is 4.88. The largest absolute Gasteiger partial charge is 0.495 e. The van der Waals surface area contributed by atoms with Gasteiger partial charge in [0.2, 0.25) is 5.43 Å². The summed E-state index contributed by atoms with van der Waals surface area (Å²) < 4.78 is 5.25. The molecule has 8 nitrogen and oxygen atoms in total. The number of anilines is 1. The van der Waals surface area contributed by atoms with E-state index in [-0.39, 0.29) is 17.1 Å². The number of likely N-dealkylation sites (N-methyl/N-ethyl adjacent to an activating group) is 1. The first-order valence-corrected chi connectivity index (χ1v) is 9.22. The molecule has 1 aromatic heterocycles. The van der Waals surface area contributed by atoms with E-state index in [1.165, 1.54) is 6.20 Å². The van der Waals surface area contributed by atoms with E-state index >= 15 is 0 Å². The van der Waals surface area contributed by atoms with Gasteiger partial charge in [-0.25, -0.2) is 4.79 Å². The minimum absolute atomic E-state index is 0.215. The summed E-state index contributed by atoms with van der Waals surface area (Å²) in [6.07, 6.45) is 2.37. The van der Waals surface area contributed by atoms with Gasteiger partial charge in [0, 0.05) is 38.9 Å². The second kappa shape index (κ2) is 8.88. The van der Waals surface area contributed by atoms with Crippen molar-refractivity contribution in [1.82, 2.24) is 20.1 Å². The first-order chi connectivity index (χ1) is 13.1. The zero-order valence-electron chi connectivity index (χ0n) is 15.9. The predicted octanol–water partition coefficient (Wildman–Crippen LogP) is 1.30. The third kappa shape index (κ3) is 4.78. The highest BCUT2D eigenvalue weighted by Gasteiger charge is 2.13. The lowest BCUT2D eigenvalue weighted by Crippen LogP contribution is -2.45. The number of H-pyrrole nitrogens is 1. The third-order valence-electron chi connectivity index (χ3n) is 4.88. The summed E-state index contributed by atoms with van der Waals surface area (Å²) in [5, 5.41) is 5.92. The van der Waals surface area contributed by atoms with Gasteiger partial charge < -0.3 is 30.2 Å². The lowest BCUT2D eigenvalue weighted by Gasteiger charge is -2.32. The highest BCUT2D eigenvalue weighted by atomic mass is 16.5. The van der Waals surface area contributed by atoms with Crippen molar-refractivity contribution >= 4 is 22.6 Å². The molecule has 2 heterocycles. The van der Waals surface area contributed by atoms with Crippen molar-refractivity contribution in [2.24, 2.45) is 0 Å². The number of nitrogens with zero attached hydrogens (tertiary/aromatic N) is 2. The average Bonchev–Trinajstić information content (AvgIpc) is 2.68. The van der Waals surface area contributed by atoms with E-state index in [0.717, 1.165) is 39.1 Å². The first-order valence-electron chi connectivity index (χ1n) is 9.22. The van der Waals surface area contributed by atoms with Crippen molar-refractivity contribution < 1.29 is 9.53 Å². The SMILES string of the molecule is COc1cccc2c(=O)c(NC(=O)NCCCN3CCN(C)CC3)c[nH]c12. The number of urea groups is 1. The molecule has 1 saturated heterocycles. The number of benzene rings is 1. The van der Waals surface area contributed by atoms with E-state index in [1.807, 2.05) is 0 Å². The number of fused-ring (bicyclic) bond motifs is 1. The zero-order valence-corrected chi connectivity index (χ0v) is 15.9. The van der Waals surface area contributed by atoms with E-state index in [9.17, 15) is 9.59 Å². The quantitative estimate of drug-likeness (QED) is 0.664. The van der Waals surface area contributed by atoms with E-state index in [0.29, 0.717) is 23.2 Å². The van der Waals surface area contributed by atoms with Gasteiger partial charge in [-0.05, 0) is 32.1 Å². The van der Waals surface area contributed by atoms with Crippen LogP contribution in [0.3, 0.4) is 0 Å². The fourth-order valence-corrected chi connectivity index (χ4v) is 3.23. The molecule has 0 radical (unpaired) electrons. The number of pyridine rings is 1. The predicted molar refractivity (Wildman–Crippen MR) is 107 cm³/mol. The molecular weight excluding hydrogens is 346 g/mol. The standard InChI is InChI=1S/C19H27N5O3/c1-23-9-11-24(12-10-23)8-4-7-20-19(26)22-15-13-21-17-14(18(15)25)5-3-6-16(17)27-2/h3,5-6,13H,4,7-12H2,1-2H3,(H,21,25)(H2,20,22,26). The molecule has 8 heteroatoms. The number of methoxy groups -OCH3 is 1. The fourth-order valence-electron chi connectivity index (χ4n) is 3.23. The zero-order chi connectivity index (χ0) is 19.2. The molecule has 0 spiro atoms. The minimum atomic E-state index is -0.374. The summed E-state index contributed by atoms with van der Waals surface area (Å²) in [7, 11) is 3.68. The maximum absolute atomic E-state index is 12.6. The van der Waals surface area contributed by atoms with E-state index in [4.69, 9.17) is 4.74 Å². The highest BCUT2D eigenvalue weighted by molar-refractivity contribution is 5.93. The van der Waals surface area contributed by atoms with Crippen LogP contribution in [0.15, 0.2) is 29.2 Å². The summed E-state index contributed by atoms with van der Waals surface area (Å²) in [6, 6.07) is 4.86. The van der Waals surface area contributed by atoms with Crippen LogP contribution < -0.4 is 20.8 Å². The summed E-state index contributed by atoms with van der Waals surface area (Å²) in [6.45, 7) is 5.84. The Bertz CT molecular complexity index is 843. The minimum Gasteiger partial charge on any atom is -0.495 e. The molecule has 1 fully saturated rings. The number of aromatic amines is 1. The van der Waals surface area contributed by atoms with Crippen LogP contribution in [0.5, 0.6) is 5.75 Å². The molecule has 0 bridgehead atoms. The molecule has 1 aliphatic rings. The molecule has 146 valence electrons. The van der Waals surface area contributed by atoms with Crippen LogP contribution in [-0.4, -0.2) is 74.2 Å². The average molecular weight is 373 g/mol. The van der Waals surface area contributed by atoms with Gasteiger partial charge in [-0.15, -0.1) is 0 Å². The van der Waals surface area contributed by atoms with Gasteiger partial charge >= 0.3 is 6.03 Å². The number of carbonyl (C=O) groups excluding carboxylic acids is 1. The normalized spacial score (nSPS) is 15.6. The molecule has 0 aliphatic carbocycles. The van der Waals surface area contributed by atoms with Crippen LogP contribution in [-0.2, 0) is 0 Å². The number of piperazine rings is 1. The van der Waals surface area contributed by atoms with E-state index in [1.54, 1.807) is 25.3 Å². The van der Waals surface area contributed by atoms with Gasteiger partial charge in [0.05, 0.1) is 18.0 Å². The van der Waals surface area contributed by atoms with Crippen LogP contribution in [0.2, 0.25) is 0 Å². The topological polar surface area (TPSA) is 89.7 Å². The molecule has 27 heavy (non-hydrogen) atoms. The second-order valence-corrected chi connectivity index (χ2v) is 6.79. The van der Waals surface area contributed by atoms with Gasteiger partial charge in [-0.1, -0.05) is 6.07 Å². The maximum atomic E-state index is 12.6. The molecule has 1 aliphatic heterocycles. The van der Waals surface area contributed by atoms with Crippen molar-refractivity contribution in [3.63, 3.8) is 0 Å². The first kappa shape index (κ1) is 19.2. The smallest absolute Gasteiger partial charge is 0.319 e. The molecule has 0 atom stereocenters. The molecule has 3 rings (SSSR count). The number of ether oxygens (including phenoxy) is 1. The Hall–Kier alpha value is -2.58. The number of carbonyl (C=O) groups is 1. The van der Waals surface area contributed by atoms with Gasteiger partial charge in [0.15, 0.2) is 0 Å². The summed E-state index contributed by atoms with van der Waals surface area (Å²) in [5.74, 6) is 0.588. The molecule has 1 aromatic carbocycles. The molecular formula is C19H27N5O3. The van der Waals surface area contributed by atoms with Gasteiger partial charge in [-0.3, -0.25) is 4.79 Å². The van der Waals surface area contributed by atoms with Crippen molar-refractivity contribution in [2.75, 3.05) is 58.7 Å². The van der Waals surface area contributed by atoms with Gasteiger partial charge in [0.25, 0.3) is 0 Å². The molecule has 0 unspecified atom stereocenters. The number of para-hydroxylation sites is 1. The Morgan fingerprint density at radius 1 is 1.26 bits per heavy atom. The highest BCUT2D eigenvalue weighted by Crippen LogP contribution is 2.21. The monoisotopic (exact) mass is 373 g/mol. The van der Waals surface area contributed by atoms with Crippen LogP contribution >= 0.6 is 0 Å². The number of rotatable bonds is 6. The van der Waals surface area contributed by atoms with Gasteiger partial charge in [0.1, 0.15) is 11.4 Å². The number of amides is 2. The fraction of sp³-hybridized carbons (Fsp3) is 0.474. The lowest BCUT2D eigenvalue weighted by molar-refractivity contribution is 0.153. The molecule has 3 N–H and O–H groups in total. The summed E-state index contributed by atoms with van der Waals surface area (Å²) in [4.78, 5) is 32.4. The van der Waals surface area contributed by atoms with Crippen molar-refractivity contribution in [3.8, 4) is 5.75 Å². The van der Waals surface area contributed by atoms with Crippen LogP contribution in [0.25, 0.3) is 10.9 Å². The Balaban J connectivity index is 1.51. The Morgan fingerprint density at radius 2 is 2.04 bits per heavy atom. The Kier molecular flexibility index (Phi) is 6.31. The van der Waals surface area contributed by atoms with Crippen LogP contribution in [0.1, 0.15) is 6.42 Å². The van der Waals surface area contributed by atoms with Crippen LogP contribution in [0, 0.1) is 0 Å². The van der Waals surface area contributed by atoms with Crippen molar-refractivity contribution in [1.29, 1.82) is 0 Å². The molecule has 2 aromatic rings. The molecule has 0 saturated carbocycles. The Morgan fingerprint density at radius 3 is 2.78 bits per heavy atom. The van der Waals surface area contributed by atoms with E-state index < -0.39 is 0 Å². The van der Waals surface area contributed by atoms with E-state index in [2.05, 4.69) is 32.5 Å². The van der Waals surface area contributed by atoms with Gasteiger partial charge in [-0.2, -0.15) is 0 Å². The van der Waals surface area contributed by atoms with Crippen molar-refractivity contribution in [3.05, 3.63) is 34.6 Å². The second-order valence-electron chi connectivity index (χ2n) is 6.79. The van der Waals surface area contributed by atoms with Crippen LogP contribution in [0.4, 0.5) is 10.5 Å². The summed E-state index contributed by atoms with van der Waals surface area (Å²) >= 11 is 0.